The lowest BCUT2D eigenvalue weighted by Crippen LogP contribution is -2.59. The molecule has 4 rings (SSSR count). The van der Waals surface area contributed by atoms with E-state index in [1.807, 2.05) is 24.0 Å². The van der Waals surface area contributed by atoms with Crippen LogP contribution in [0, 0.1) is 11.3 Å². The first-order valence-corrected chi connectivity index (χ1v) is 10.7. The van der Waals surface area contributed by atoms with Crippen molar-refractivity contribution in [1.82, 2.24) is 15.7 Å². The Morgan fingerprint density at radius 2 is 2.07 bits per heavy atom. The molecular weight excluding hydrogens is 370 g/mol. The first kappa shape index (κ1) is 20.2. The summed E-state index contributed by atoms with van der Waals surface area (Å²) in [7, 11) is 0. The lowest BCUT2D eigenvalue weighted by atomic mass is 9.81. The molecule has 3 N–H and O–H groups in total. The fraction of sp³-hybridized carbons (Fsp3) is 0.636. The molecule has 3 aliphatic rings. The van der Waals surface area contributed by atoms with E-state index in [1.54, 1.807) is 5.48 Å². The summed E-state index contributed by atoms with van der Waals surface area (Å²) in [6, 6.07) is 7.68. The molecule has 1 saturated carbocycles. The summed E-state index contributed by atoms with van der Waals surface area (Å²) in [5, 5.41) is 12.5. The number of nitrogens with one attached hydrogen (secondary N) is 2. The maximum absolute atomic E-state index is 13.2. The molecule has 3 fully saturated rings. The molecule has 1 aliphatic carbocycles. The number of benzene rings is 1. The quantitative estimate of drug-likeness (QED) is 0.519. The third-order valence-corrected chi connectivity index (χ3v) is 6.87. The molecule has 1 aromatic carbocycles. The van der Waals surface area contributed by atoms with E-state index in [0.717, 1.165) is 38.0 Å². The molecule has 158 valence electrons. The summed E-state index contributed by atoms with van der Waals surface area (Å²) in [6.07, 6.45) is 4.64. The molecule has 7 nitrogen and oxygen atoms in total. The average molecular weight is 402 g/mol. The Bertz CT molecular complexity index is 756. The second-order valence-electron chi connectivity index (χ2n) is 8.75. The highest BCUT2D eigenvalue weighted by Crippen LogP contribution is 2.52. The number of hydroxylamine groups is 1. The molecule has 2 aliphatic heterocycles. The Hall–Kier alpha value is -2.12. The Morgan fingerprint density at radius 1 is 1.31 bits per heavy atom. The van der Waals surface area contributed by atoms with Crippen molar-refractivity contribution in [3.63, 3.8) is 0 Å². The highest BCUT2D eigenvalue weighted by Gasteiger charge is 2.52. The number of hydrogen-bond acceptors (Lipinski definition) is 5. The van der Waals surface area contributed by atoms with Crippen LogP contribution in [0.3, 0.4) is 0 Å². The van der Waals surface area contributed by atoms with E-state index in [4.69, 9.17) is 9.94 Å². The predicted octanol–water partition coefficient (Wildman–Crippen LogP) is 2.05. The summed E-state index contributed by atoms with van der Waals surface area (Å²) in [4.78, 5) is 27.3. The van der Waals surface area contributed by atoms with Gasteiger partial charge in [0.05, 0.1) is 18.6 Å². The number of piperidine rings is 2. The van der Waals surface area contributed by atoms with Gasteiger partial charge in [0.2, 0.25) is 11.8 Å². The number of likely N-dealkylation sites (tertiary alicyclic amines) is 1. The van der Waals surface area contributed by atoms with Gasteiger partial charge in [-0.15, -0.1) is 0 Å². The second-order valence-corrected chi connectivity index (χ2v) is 8.75. The summed E-state index contributed by atoms with van der Waals surface area (Å²) >= 11 is 0. The van der Waals surface area contributed by atoms with E-state index in [1.165, 1.54) is 5.56 Å². The highest BCUT2D eigenvalue weighted by molar-refractivity contribution is 5.90. The van der Waals surface area contributed by atoms with Crippen LogP contribution < -0.4 is 15.5 Å². The Morgan fingerprint density at radius 3 is 2.72 bits per heavy atom. The van der Waals surface area contributed by atoms with Crippen molar-refractivity contribution < 1.29 is 19.5 Å². The lowest BCUT2D eigenvalue weighted by molar-refractivity contribution is -0.145. The van der Waals surface area contributed by atoms with Crippen LogP contribution in [0.15, 0.2) is 24.3 Å². The van der Waals surface area contributed by atoms with Crippen molar-refractivity contribution in [3.8, 4) is 5.75 Å². The Labute approximate surface area is 171 Å². The van der Waals surface area contributed by atoms with E-state index in [2.05, 4.69) is 17.4 Å². The molecular formula is C22H31N3O4. The summed E-state index contributed by atoms with van der Waals surface area (Å²) in [5.74, 6) is 0.316. The smallest absolute Gasteiger partial charge is 0.248 e. The number of ether oxygens (including phenoxy) is 1. The van der Waals surface area contributed by atoms with Gasteiger partial charge in [0.1, 0.15) is 5.75 Å². The van der Waals surface area contributed by atoms with E-state index in [0.29, 0.717) is 32.0 Å². The van der Waals surface area contributed by atoms with Crippen molar-refractivity contribution in [3.05, 3.63) is 29.8 Å². The largest absolute Gasteiger partial charge is 0.494 e. The average Bonchev–Trinajstić information content (AvgIpc) is 3.52. The molecule has 29 heavy (non-hydrogen) atoms. The molecule has 1 spiro atoms. The minimum atomic E-state index is -0.550. The Balaban J connectivity index is 1.38. The molecule has 1 aromatic rings. The SMILES string of the molecule is CCOc1cccc(C2CCN(C(=O)[C@H]3NCC4(CC4)C[C@@H]3C(=O)NO)CC2)c1. The normalized spacial score (nSPS) is 26.2. The van der Waals surface area contributed by atoms with Gasteiger partial charge >= 0.3 is 0 Å². The van der Waals surface area contributed by atoms with Crippen molar-refractivity contribution in [2.45, 2.75) is 51.0 Å². The van der Waals surface area contributed by atoms with Crippen molar-refractivity contribution >= 4 is 11.8 Å². The standard InChI is InChI=1S/C22H31N3O4/c1-2-29-17-5-3-4-16(12-17)15-6-10-25(11-7-15)21(27)19-18(20(26)24-28)13-22(8-9-22)14-23-19/h3-5,12,15,18-19,23,28H,2,6-11,13-14H2,1H3,(H,24,26)/t18-,19-/m0/s1. The third kappa shape index (κ3) is 4.26. The van der Waals surface area contributed by atoms with Crippen LogP contribution in [-0.4, -0.2) is 54.2 Å². The maximum Gasteiger partial charge on any atom is 0.248 e. The topological polar surface area (TPSA) is 90.9 Å². The van der Waals surface area contributed by atoms with Crippen LogP contribution in [0.2, 0.25) is 0 Å². The van der Waals surface area contributed by atoms with Gasteiger partial charge in [-0.2, -0.15) is 0 Å². The zero-order chi connectivity index (χ0) is 20.4. The zero-order valence-electron chi connectivity index (χ0n) is 17.0. The van der Waals surface area contributed by atoms with Gasteiger partial charge in [-0.05, 0) is 68.1 Å². The van der Waals surface area contributed by atoms with E-state index >= 15 is 0 Å². The van der Waals surface area contributed by atoms with E-state index in [-0.39, 0.29) is 11.3 Å². The number of carbonyl (C=O) groups excluding carboxylic acids is 2. The lowest BCUT2D eigenvalue weighted by Gasteiger charge is -2.40. The number of amides is 2. The second kappa shape index (κ2) is 8.32. The first-order valence-electron chi connectivity index (χ1n) is 10.7. The van der Waals surface area contributed by atoms with Crippen LogP contribution >= 0.6 is 0 Å². The van der Waals surface area contributed by atoms with Gasteiger partial charge in [0.25, 0.3) is 0 Å². The number of hydrogen-bond donors (Lipinski definition) is 3. The van der Waals surface area contributed by atoms with Gasteiger partial charge in [-0.25, -0.2) is 5.48 Å². The summed E-state index contributed by atoms with van der Waals surface area (Å²) < 4.78 is 5.61. The van der Waals surface area contributed by atoms with Crippen molar-refractivity contribution in [1.29, 1.82) is 0 Å². The molecule has 2 heterocycles. The van der Waals surface area contributed by atoms with Gasteiger partial charge in [0, 0.05) is 19.6 Å². The zero-order valence-corrected chi connectivity index (χ0v) is 17.0. The minimum absolute atomic E-state index is 0.0179. The van der Waals surface area contributed by atoms with Crippen LogP contribution in [-0.2, 0) is 9.59 Å². The first-order chi connectivity index (χ1) is 14.0. The molecule has 2 amide bonds. The molecule has 0 radical (unpaired) electrons. The van der Waals surface area contributed by atoms with E-state index in [9.17, 15) is 9.59 Å². The van der Waals surface area contributed by atoms with Crippen LogP contribution in [0.25, 0.3) is 0 Å². The molecule has 0 bridgehead atoms. The fourth-order valence-corrected chi connectivity index (χ4v) is 4.92. The molecule has 2 atom stereocenters. The summed E-state index contributed by atoms with van der Waals surface area (Å²) in [5.41, 5.74) is 3.17. The molecule has 0 aromatic heterocycles. The molecule has 0 unspecified atom stereocenters. The van der Waals surface area contributed by atoms with Gasteiger partial charge in [0.15, 0.2) is 0 Å². The number of rotatable bonds is 5. The maximum atomic E-state index is 13.2. The van der Waals surface area contributed by atoms with Crippen molar-refractivity contribution in [2.75, 3.05) is 26.2 Å². The van der Waals surface area contributed by atoms with Gasteiger partial charge < -0.3 is 15.0 Å². The van der Waals surface area contributed by atoms with Crippen LogP contribution in [0.5, 0.6) is 5.75 Å². The monoisotopic (exact) mass is 401 g/mol. The molecule has 2 saturated heterocycles. The third-order valence-electron chi connectivity index (χ3n) is 6.87. The highest BCUT2D eigenvalue weighted by atomic mass is 16.5. The van der Waals surface area contributed by atoms with Crippen molar-refractivity contribution in [2.24, 2.45) is 11.3 Å². The van der Waals surface area contributed by atoms with E-state index < -0.39 is 17.9 Å². The minimum Gasteiger partial charge on any atom is -0.494 e. The van der Waals surface area contributed by atoms with Gasteiger partial charge in [-0.3, -0.25) is 14.8 Å². The van der Waals surface area contributed by atoms with Crippen LogP contribution in [0.4, 0.5) is 0 Å². The van der Waals surface area contributed by atoms with Gasteiger partial charge in [-0.1, -0.05) is 12.1 Å². The van der Waals surface area contributed by atoms with Crippen LogP contribution in [0.1, 0.15) is 50.5 Å². The predicted molar refractivity (Wildman–Crippen MR) is 108 cm³/mol. The summed E-state index contributed by atoms with van der Waals surface area (Å²) in [6.45, 7) is 4.76. The molecule has 7 heteroatoms. The number of carbonyl (C=O) groups is 2. The fourth-order valence-electron chi connectivity index (χ4n) is 4.92. The Kier molecular flexibility index (Phi) is 5.79. The number of nitrogens with zero attached hydrogens (tertiary/aromatic N) is 1.